The van der Waals surface area contributed by atoms with E-state index in [4.69, 9.17) is 4.42 Å². The summed E-state index contributed by atoms with van der Waals surface area (Å²) in [5.74, 6) is 0. The maximum atomic E-state index is 7.33. The van der Waals surface area contributed by atoms with Crippen LogP contribution in [0.5, 0.6) is 0 Å². The number of benzene rings is 9. The minimum absolute atomic E-state index is 0.190. The van der Waals surface area contributed by atoms with Gasteiger partial charge in [-0.05, 0) is 141 Å². The normalized spacial score (nSPS) is 15.2. The van der Waals surface area contributed by atoms with E-state index in [1.807, 2.05) is 11.8 Å². The zero-order valence-electron chi connectivity index (χ0n) is 37.8. The highest BCUT2D eigenvalue weighted by Gasteiger charge is 2.52. The second-order valence-electron chi connectivity index (χ2n) is 19.4. The van der Waals surface area contributed by atoms with Crippen molar-refractivity contribution in [1.29, 1.82) is 0 Å². The van der Waals surface area contributed by atoms with E-state index in [1.54, 1.807) is 0 Å². The lowest BCUT2D eigenvalue weighted by atomic mass is 9.67. The summed E-state index contributed by atoms with van der Waals surface area (Å²) in [5, 5.41) is 3.51. The highest BCUT2D eigenvalue weighted by atomic mass is 32.2. The number of hydrogen-bond acceptors (Lipinski definition) is 3. The molecule has 3 aliphatic carbocycles. The molecule has 322 valence electrons. The molecule has 11 aromatic rings. The van der Waals surface area contributed by atoms with Crippen LogP contribution in [0.2, 0.25) is 0 Å². The Labute approximate surface area is 399 Å². The van der Waals surface area contributed by atoms with Gasteiger partial charge in [0.2, 0.25) is 0 Å². The van der Waals surface area contributed by atoms with Gasteiger partial charge in [-0.3, -0.25) is 0 Å². The monoisotopic (exact) mass is 888 g/mol. The maximum Gasteiger partial charge on any atom is 0.145 e. The van der Waals surface area contributed by atoms with Crippen LogP contribution in [0.1, 0.15) is 64.9 Å². The van der Waals surface area contributed by atoms with E-state index in [9.17, 15) is 0 Å². The van der Waals surface area contributed by atoms with Crippen LogP contribution in [0.15, 0.2) is 214 Å². The minimum Gasteiger partial charge on any atom is -0.455 e. The summed E-state index contributed by atoms with van der Waals surface area (Å²) in [5.41, 5.74) is 22.3. The Balaban J connectivity index is 1.09. The third kappa shape index (κ3) is 4.95. The number of aromatic nitrogens is 1. The molecule has 4 aliphatic rings. The standard InChI is InChI=1S/C64H44N2OS/c1-63(2)48-24-10-6-20-42(48)43-34-32-41(37-52(43)63)65(40-33-35-55-47(36-40)44-21-8-14-28-54(44)66(55)39-18-4-3-5-19-39)56-38-53-60(62-61(56)46-23-9-15-29-57(46)67-62)45-22-7-11-25-49(45)64(53)50-26-12-16-30-58(50)68-59-31-17-13-27-51(59)64/h3-7,9-20,22-38H,8,21H2,1-2H3. The number of furan rings is 1. The maximum absolute atomic E-state index is 7.33. The van der Waals surface area contributed by atoms with Gasteiger partial charge in [-0.25, -0.2) is 0 Å². The zero-order valence-corrected chi connectivity index (χ0v) is 38.6. The first kappa shape index (κ1) is 38.3. The molecule has 0 N–H and O–H groups in total. The zero-order chi connectivity index (χ0) is 44.9. The van der Waals surface area contributed by atoms with Gasteiger partial charge in [0.15, 0.2) is 0 Å². The smallest absolute Gasteiger partial charge is 0.145 e. The van der Waals surface area contributed by atoms with Crippen molar-refractivity contribution in [3.63, 3.8) is 0 Å². The Kier molecular flexibility index (Phi) is 7.83. The first-order valence-electron chi connectivity index (χ1n) is 23.9. The van der Waals surface area contributed by atoms with Gasteiger partial charge in [-0.1, -0.05) is 159 Å². The number of aryl methyl sites for hydroxylation is 1. The lowest BCUT2D eigenvalue weighted by molar-refractivity contribution is 0.660. The molecule has 0 bridgehead atoms. The fourth-order valence-corrected chi connectivity index (χ4v) is 14.0. The number of rotatable bonds is 4. The molecule has 3 nitrogen and oxygen atoms in total. The fourth-order valence-electron chi connectivity index (χ4n) is 12.8. The first-order chi connectivity index (χ1) is 33.5. The third-order valence-corrected chi connectivity index (χ3v) is 16.9. The van der Waals surface area contributed by atoms with Crippen molar-refractivity contribution in [3.05, 3.63) is 245 Å². The molecular weight excluding hydrogens is 845 g/mol. The Hall–Kier alpha value is -7.79. The average molecular weight is 889 g/mol. The summed E-state index contributed by atoms with van der Waals surface area (Å²) in [7, 11) is 0. The molecule has 0 atom stereocenters. The van der Waals surface area contributed by atoms with Gasteiger partial charge in [-0.2, -0.15) is 0 Å². The Morgan fingerprint density at radius 1 is 0.544 bits per heavy atom. The predicted octanol–water partition coefficient (Wildman–Crippen LogP) is 17.1. The number of anilines is 3. The van der Waals surface area contributed by atoms with Crippen molar-refractivity contribution in [2.45, 2.75) is 47.3 Å². The number of para-hydroxylation sites is 2. The van der Waals surface area contributed by atoms with Crippen molar-refractivity contribution in [2.75, 3.05) is 4.90 Å². The Bertz CT molecular complexity index is 3950. The van der Waals surface area contributed by atoms with Crippen molar-refractivity contribution >= 4 is 67.7 Å². The molecule has 1 spiro atoms. The second-order valence-corrected chi connectivity index (χ2v) is 20.5. The van der Waals surface area contributed by atoms with Gasteiger partial charge in [0, 0.05) is 54.3 Å². The third-order valence-electron chi connectivity index (χ3n) is 15.7. The molecule has 0 amide bonds. The van der Waals surface area contributed by atoms with E-state index in [0.717, 1.165) is 51.8 Å². The van der Waals surface area contributed by atoms with Gasteiger partial charge in [0.05, 0.1) is 22.0 Å². The molecule has 2 aromatic heterocycles. The number of fused-ring (bicyclic) bond motifs is 19. The van der Waals surface area contributed by atoms with Crippen LogP contribution in [0.3, 0.4) is 0 Å². The van der Waals surface area contributed by atoms with Crippen LogP contribution in [0.25, 0.3) is 66.9 Å². The van der Waals surface area contributed by atoms with Gasteiger partial charge in [-0.15, -0.1) is 0 Å². The van der Waals surface area contributed by atoms with Crippen molar-refractivity contribution in [1.82, 2.24) is 4.57 Å². The van der Waals surface area contributed by atoms with Crippen LogP contribution >= 0.6 is 11.8 Å². The molecule has 0 saturated heterocycles. The summed E-state index contributed by atoms with van der Waals surface area (Å²) in [6.45, 7) is 4.77. The van der Waals surface area contributed by atoms with Crippen molar-refractivity contribution in [2.24, 2.45) is 0 Å². The summed E-state index contributed by atoms with van der Waals surface area (Å²) in [6, 6.07) is 72.7. The molecule has 0 unspecified atom stereocenters. The van der Waals surface area contributed by atoms with Gasteiger partial charge in [0.25, 0.3) is 0 Å². The van der Waals surface area contributed by atoms with Crippen LogP contribution in [0, 0.1) is 0 Å². The van der Waals surface area contributed by atoms with Crippen LogP contribution in [-0.4, -0.2) is 4.57 Å². The van der Waals surface area contributed by atoms with Crippen LogP contribution < -0.4 is 4.90 Å². The average Bonchev–Trinajstić information content (AvgIpc) is 4.09. The van der Waals surface area contributed by atoms with E-state index in [2.05, 4.69) is 230 Å². The number of allylic oxidation sites excluding steroid dienone is 1. The number of hydrogen-bond donors (Lipinski definition) is 0. The largest absolute Gasteiger partial charge is 0.455 e. The fraction of sp³-hybridized carbons (Fsp3) is 0.0938. The van der Waals surface area contributed by atoms with E-state index in [1.165, 1.54) is 93.3 Å². The second kappa shape index (κ2) is 13.9. The van der Waals surface area contributed by atoms with Gasteiger partial charge >= 0.3 is 0 Å². The Morgan fingerprint density at radius 2 is 1.19 bits per heavy atom. The quantitative estimate of drug-likeness (QED) is 0.176. The van der Waals surface area contributed by atoms with E-state index in [0.29, 0.717) is 0 Å². The topological polar surface area (TPSA) is 21.3 Å². The highest BCUT2D eigenvalue weighted by molar-refractivity contribution is 7.99. The lowest BCUT2D eigenvalue weighted by Gasteiger charge is -2.40. The summed E-state index contributed by atoms with van der Waals surface area (Å²) in [4.78, 5) is 5.13. The summed E-state index contributed by atoms with van der Waals surface area (Å²) < 4.78 is 9.78. The van der Waals surface area contributed by atoms with Gasteiger partial charge < -0.3 is 13.9 Å². The van der Waals surface area contributed by atoms with E-state index >= 15 is 0 Å². The van der Waals surface area contributed by atoms with Crippen LogP contribution in [-0.2, 0) is 17.3 Å². The molecule has 0 fully saturated rings. The molecule has 9 aromatic carbocycles. The molecule has 4 heteroatoms. The lowest BCUT2D eigenvalue weighted by Crippen LogP contribution is -2.32. The van der Waals surface area contributed by atoms with E-state index in [-0.39, 0.29) is 5.41 Å². The SMILES string of the molecule is CC1(C)c2ccccc2-c2ccc(N(c3ccc4c(c3)c3c(n4-c4ccccc4)C=CCC3)c3cc4c(c5oc6ccccc6c35)-c3ccccc3C43c4ccccc4Sc4ccccc43)cc21. The molecule has 0 radical (unpaired) electrons. The summed E-state index contributed by atoms with van der Waals surface area (Å²) >= 11 is 1.88. The van der Waals surface area contributed by atoms with Crippen molar-refractivity contribution < 1.29 is 4.42 Å². The highest BCUT2D eigenvalue weighted by Crippen LogP contribution is 2.65. The summed E-state index contributed by atoms with van der Waals surface area (Å²) in [6.07, 6.45) is 6.67. The van der Waals surface area contributed by atoms with Gasteiger partial charge in [0.1, 0.15) is 11.2 Å². The van der Waals surface area contributed by atoms with Crippen molar-refractivity contribution in [3.8, 4) is 27.9 Å². The molecule has 1 aliphatic heterocycles. The van der Waals surface area contributed by atoms with E-state index < -0.39 is 5.41 Å². The Morgan fingerprint density at radius 3 is 2.00 bits per heavy atom. The minimum atomic E-state index is -0.595. The first-order valence-corrected chi connectivity index (χ1v) is 24.7. The molecular formula is C64H44N2OS. The molecule has 68 heavy (non-hydrogen) atoms. The molecule has 15 rings (SSSR count). The van der Waals surface area contributed by atoms with Crippen LogP contribution in [0.4, 0.5) is 17.1 Å². The molecule has 0 saturated carbocycles. The number of nitrogens with zero attached hydrogens (tertiary/aromatic N) is 2. The molecule has 3 heterocycles. The predicted molar refractivity (Wildman–Crippen MR) is 282 cm³/mol.